The van der Waals surface area contributed by atoms with E-state index >= 15 is 0 Å². The van der Waals surface area contributed by atoms with Crippen LogP contribution < -0.4 is 5.32 Å². The van der Waals surface area contributed by atoms with Gasteiger partial charge in [0, 0.05) is 6.54 Å². The molecule has 0 unspecified atom stereocenters. The predicted octanol–water partition coefficient (Wildman–Crippen LogP) is 3.03. The predicted molar refractivity (Wildman–Crippen MR) is 84.1 cm³/mol. The highest BCUT2D eigenvalue weighted by Crippen LogP contribution is 2.23. The zero-order valence-electron chi connectivity index (χ0n) is 12.3. The van der Waals surface area contributed by atoms with Crippen LogP contribution in [0.15, 0.2) is 43.0 Å². The Kier molecular flexibility index (Phi) is 3.56. The number of rotatable bonds is 5. The number of aromatic nitrogens is 4. The number of H-pyrrole nitrogens is 1. The van der Waals surface area contributed by atoms with Crippen molar-refractivity contribution in [3.8, 4) is 0 Å². The summed E-state index contributed by atoms with van der Waals surface area (Å²) in [5.41, 5.74) is 3.01. The van der Waals surface area contributed by atoms with Gasteiger partial charge in [-0.2, -0.15) is 0 Å². The Morgan fingerprint density at radius 2 is 1.90 bits per heavy atom. The lowest BCUT2D eigenvalue weighted by Crippen LogP contribution is -2.26. The van der Waals surface area contributed by atoms with Crippen molar-refractivity contribution < 1.29 is 0 Å². The van der Waals surface area contributed by atoms with Crippen LogP contribution in [0.5, 0.6) is 0 Å². The molecule has 3 rings (SSSR count). The van der Waals surface area contributed by atoms with Crippen LogP contribution in [0.2, 0.25) is 0 Å². The van der Waals surface area contributed by atoms with E-state index in [-0.39, 0.29) is 5.41 Å². The zero-order valence-corrected chi connectivity index (χ0v) is 12.3. The van der Waals surface area contributed by atoms with Gasteiger partial charge in [0.25, 0.3) is 0 Å². The Labute approximate surface area is 123 Å². The van der Waals surface area contributed by atoms with E-state index in [1.165, 1.54) is 11.9 Å². The first-order valence-corrected chi connectivity index (χ1v) is 7.06. The fourth-order valence-electron chi connectivity index (χ4n) is 2.43. The molecular formula is C16H19N5. The van der Waals surface area contributed by atoms with Gasteiger partial charge in [0.1, 0.15) is 11.8 Å². The molecular weight excluding hydrogens is 262 g/mol. The summed E-state index contributed by atoms with van der Waals surface area (Å²) < 4.78 is 0. The Hall–Kier alpha value is -2.43. The summed E-state index contributed by atoms with van der Waals surface area (Å²) in [5, 5.41) is 3.41. The number of aromatic amines is 1. The monoisotopic (exact) mass is 281 g/mol. The topological polar surface area (TPSA) is 66.5 Å². The maximum absolute atomic E-state index is 4.30. The van der Waals surface area contributed by atoms with Gasteiger partial charge < -0.3 is 10.3 Å². The number of nitrogens with one attached hydrogen (secondary N) is 2. The van der Waals surface area contributed by atoms with Gasteiger partial charge >= 0.3 is 0 Å². The number of imidazole rings is 1. The molecule has 108 valence electrons. The molecule has 2 N–H and O–H groups in total. The van der Waals surface area contributed by atoms with Crippen molar-refractivity contribution in [3.63, 3.8) is 0 Å². The van der Waals surface area contributed by atoms with Crippen LogP contribution in [0, 0.1) is 5.41 Å². The van der Waals surface area contributed by atoms with Crippen LogP contribution >= 0.6 is 0 Å². The SMILES string of the molecule is CC(C)(CNc1ncnc2nc[nH]c12)Cc1ccccc1. The maximum Gasteiger partial charge on any atom is 0.182 e. The highest BCUT2D eigenvalue weighted by atomic mass is 15.1. The molecule has 0 fully saturated rings. The number of hydrogen-bond donors (Lipinski definition) is 2. The lowest BCUT2D eigenvalue weighted by Gasteiger charge is -2.25. The zero-order chi connectivity index (χ0) is 14.7. The average molecular weight is 281 g/mol. The second-order valence-electron chi connectivity index (χ2n) is 6.00. The minimum atomic E-state index is 0.124. The van der Waals surface area contributed by atoms with Gasteiger partial charge in [0.15, 0.2) is 11.5 Å². The largest absolute Gasteiger partial charge is 0.368 e. The van der Waals surface area contributed by atoms with Crippen molar-refractivity contribution in [2.75, 3.05) is 11.9 Å². The molecule has 0 radical (unpaired) electrons. The molecule has 1 aromatic carbocycles. The van der Waals surface area contributed by atoms with Crippen molar-refractivity contribution in [1.29, 1.82) is 0 Å². The van der Waals surface area contributed by atoms with Gasteiger partial charge in [-0.25, -0.2) is 15.0 Å². The lowest BCUT2D eigenvalue weighted by molar-refractivity contribution is 0.389. The fraction of sp³-hybridized carbons (Fsp3) is 0.312. The number of fused-ring (bicyclic) bond motifs is 1. The summed E-state index contributed by atoms with van der Waals surface area (Å²) in [6.07, 6.45) is 4.19. The van der Waals surface area contributed by atoms with E-state index in [0.29, 0.717) is 5.65 Å². The van der Waals surface area contributed by atoms with Crippen molar-refractivity contribution in [2.45, 2.75) is 20.3 Å². The van der Waals surface area contributed by atoms with Gasteiger partial charge in [-0.1, -0.05) is 44.2 Å². The van der Waals surface area contributed by atoms with Gasteiger partial charge in [-0.15, -0.1) is 0 Å². The molecule has 2 heterocycles. The molecule has 0 aliphatic carbocycles. The first kappa shape index (κ1) is 13.5. The Morgan fingerprint density at radius 1 is 1.10 bits per heavy atom. The number of nitrogens with zero attached hydrogens (tertiary/aromatic N) is 3. The molecule has 2 aromatic heterocycles. The van der Waals surface area contributed by atoms with E-state index in [4.69, 9.17) is 0 Å². The smallest absolute Gasteiger partial charge is 0.182 e. The third-order valence-electron chi connectivity index (χ3n) is 3.48. The lowest BCUT2D eigenvalue weighted by atomic mass is 9.85. The van der Waals surface area contributed by atoms with E-state index in [0.717, 1.165) is 24.3 Å². The molecule has 0 bridgehead atoms. The second-order valence-corrected chi connectivity index (χ2v) is 6.00. The Balaban J connectivity index is 1.70. The second kappa shape index (κ2) is 5.52. The minimum Gasteiger partial charge on any atom is -0.368 e. The first-order chi connectivity index (χ1) is 10.1. The van der Waals surface area contributed by atoms with Gasteiger partial charge in [-0.05, 0) is 17.4 Å². The molecule has 0 atom stereocenters. The summed E-state index contributed by atoms with van der Waals surface area (Å²) in [7, 11) is 0. The summed E-state index contributed by atoms with van der Waals surface area (Å²) in [6, 6.07) is 10.5. The van der Waals surface area contributed by atoms with Crippen molar-refractivity contribution in [2.24, 2.45) is 5.41 Å². The third kappa shape index (κ3) is 3.18. The van der Waals surface area contributed by atoms with Crippen LogP contribution in [-0.2, 0) is 6.42 Å². The van der Waals surface area contributed by atoms with E-state index in [2.05, 4.69) is 63.4 Å². The standard InChI is InChI=1S/C16H19N5/c1-16(2,8-12-6-4-3-5-7-12)9-17-14-13-15(19-10-18-13)21-11-20-14/h3-7,10-11H,8-9H2,1-2H3,(H2,17,18,19,20,21). The van der Waals surface area contributed by atoms with E-state index < -0.39 is 0 Å². The van der Waals surface area contributed by atoms with E-state index in [9.17, 15) is 0 Å². The Morgan fingerprint density at radius 3 is 2.71 bits per heavy atom. The molecule has 0 aliphatic heterocycles. The molecule has 0 spiro atoms. The van der Waals surface area contributed by atoms with Crippen LogP contribution in [0.1, 0.15) is 19.4 Å². The van der Waals surface area contributed by atoms with Gasteiger partial charge in [0.2, 0.25) is 0 Å². The minimum absolute atomic E-state index is 0.124. The molecule has 5 nitrogen and oxygen atoms in total. The van der Waals surface area contributed by atoms with Crippen LogP contribution in [0.3, 0.4) is 0 Å². The average Bonchev–Trinajstić information content (AvgIpc) is 2.95. The molecule has 0 saturated heterocycles. The molecule has 0 saturated carbocycles. The summed E-state index contributed by atoms with van der Waals surface area (Å²) >= 11 is 0. The molecule has 0 amide bonds. The molecule has 5 heteroatoms. The van der Waals surface area contributed by atoms with Crippen LogP contribution in [-0.4, -0.2) is 26.5 Å². The normalized spacial score (nSPS) is 11.7. The van der Waals surface area contributed by atoms with Crippen LogP contribution in [0.25, 0.3) is 11.2 Å². The Bertz CT molecular complexity index is 718. The highest BCUT2D eigenvalue weighted by Gasteiger charge is 2.19. The quantitative estimate of drug-likeness (QED) is 0.754. The highest BCUT2D eigenvalue weighted by molar-refractivity contribution is 5.81. The number of hydrogen-bond acceptors (Lipinski definition) is 4. The van der Waals surface area contributed by atoms with Crippen molar-refractivity contribution >= 4 is 17.0 Å². The van der Waals surface area contributed by atoms with Crippen molar-refractivity contribution in [1.82, 2.24) is 19.9 Å². The molecule has 0 aliphatic rings. The third-order valence-corrected chi connectivity index (χ3v) is 3.48. The summed E-state index contributed by atoms with van der Waals surface area (Å²) in [6.45, 7) is 5.32. The van der Waals surface area contributed by atoms with Crippen molar-refractivity contribution in [3.05, 3.63) is 48.5 Å². The van der Waals surface area contributed by atoms with E-state index in [1.807, 2.05) is 6.07 Å². The summed E-state index contributed by atoms with van der Waals surface area (Å²) in [5.74, 6) is 0.804. The number of benzene rings is 1. The fourth-order valence-corrected chi connectivity index (χ4v) is 2.43. The van der Waals surface area contributed by atoms with Crippen LogP contribution in [0.4, 0.5) is 5.82 Å². The number of anilines is 1. The molecule has 21 heavy (non-hydrogen) atoms. The summed E-state index contributed by atoms with van der Waals surface area (Å²) in [4.78, 5) is 15.6. The molecule has 3 aromatic rings. The van der Waals surface area contributed by atoms with Gasteiger partial charge in [0.05, 0.1) is 6.33 Å². The maximum atomic E-state index is 4.30. The first-order valence-electron chi connectivity index (χ1n) is 7.06. The van der Waals surface area contributed by atoms with Gasteiger partial charge in [-0.3, -0.25) is 0 Å². The van der Waals surface area contributed by atoms with E-state index in [1.54, 1.807) is 6.33 Å².